The molecule has 1 aliphatic carbocycles. The lowest BCUT2D eigenvalue weighted by Gasteiger charge is -2.38. The molecule has 0 spiro atoms. The second kappa shape index (κ2) is 8.64. The Morgan fingerprint density at radius 2 is 1.61 bits per heavy atom. The number of carboxylic acid groups (broad SMARTS) is 1. The van der Waals surface area contributed by atoms with Crippen molar-refractivity contribution in [1.29, 1.82) is 0 Å². The number of aliphatic carboxylic acids is 1. The Morgan fingerprint density at radius 3 is 2.18 bits per heavy atom. The van der Waals surface area contributed by atoms with E-state index in [0.29, 0.717) is 11.6 Å². The topological polar surface area (TPSA) is 83.5 Å². The summed E-state index contributed by atoms with van der Waals surface area (Å²) in [6.45, 7) is 0.316. The smallest absolute Gasteiger partial charge is 0.307 e. The molecule has 3 rings (SSSR count). The van der Waals surface area contributed by atoms with Crippen LogP contribution in [0.4, 0.5) is 0 Å². The van der Waals surface area contributed by atoms with Crippen molar-refractivity contribution in [3.63, 3.8) is 0 Å². The number of hydrogen-bond acceptors (Lipinski definition) is 3. The summed E-state index contributed by atoms with van der Waals surface area (Å²) in [5.41, 5.74) is 1.52. The van der Waals surface area contributed by atoms with Gasteiger partial charge in [-0.3, -0.25) is 4.79 Å². The molecule has 1 fully saturated rings. The van der Waals surface area contributed by atoms with Crippen molar-refractivity contribution < 1.29 is 18.3 Å². The third-order valence-corrected chi connectivity index (χ3v) is 7.13. The molecule has 2 aromatic carbocycles. The van der Waals surface area contributed by atoms with Crippen LogP contribution in [0, 0.1) is 0 Å². The number of carbonyl (C=O) groups is 1. The molecule has 7 heteroatoms. The molecule has 2 aromatic rings. The van der Waals surface area contributed by atoms with Gasteiger partial charge in [0.05, 0.1) is 11.3 Å². The lowest BCUT2D eigenvalue weighted by atomic mass is 9.69. The van der Waals surface area contributed by atoms with Crippen molar-refractivity contribution in [2.24, 2.45) is 0 Å². The van der Waals surface area contributed by atoms with Crippen LogP contribution in [0.25, 0.3) is 0 Å². The van der Waals surface area contributed by atoms with Crippen LogP contribution in [0.5, 0.6) is 0 Å². The Hall–Kier alpha value is -1.89. The fraction of sp³-hybridized carbons (Fsp3) is 0.381. The van der Waals surface area contributed by atoms with E-state index in [4.69, 9.17) is 16.7 Å². The average Bonchev–Trinajstić information content (AvgIpc) is 2.68. The highest BCUT2D eigenvalue weighted by Crippen LogP contribution is 2.39. The van der Waals surface area contributed by atoms with Crippen LogP contribution in [0.1, 0.15) is 43.2 Å². The number of benzene rings is 2. The van der Waals surface area contributed by atoms with Gasteiger partial charge in [-0.25, -0.2) is 13.1 Å². The van der Waals surface area contributed by atoms with Gasteiger partial charge in [-0.15, -0.1) is 0 Å². The molecule has 1 aliphatic rings. The van der Waals surface area contributed by atoms with E-state index in [2.05, 4.69) is 4.72 Å². The second-order valence-corrected chi connectivity index (χ2v) is 9.59. The molecular weight excluding hydrogens is 398 g/mol. The first-order valence-electron chi connectivity index (χ1n) is 9.37. The van der Waals surface area contributed by atoms with Crippen LogP contribution in [-0.4, -0.2) is 26.0 Å². The van der Waals surface area contributed by atoms with E-state index in [1.165, 1.54) is 12.1 Å². The van der Waals surface area contributed by atoms with Gasteiger partial charge in [0.1, 0.15) is 0 Å². The normalized spacial score (nSPS) is 16.6. The molecule has 0 heterocycles. The van der Waals surface area contributed by atoms with Crippen molar-refractivity contribution in [3.8, 4) is 0 Å². The SMILES string of the molecule is O=C(O)Cc1ccc(C2(CNS(=O)(=O)c3ccc(Cl)cc3)CCCCC2)cc1. The van der Waals surface area contributed by atoms with E-state index >= 15 is 0 Å². The van der Waals surface area contributed by atoms with Crippen LogP contribution in [0.2, 0.25) is 5.02 Å². The third kappa shape index (κ3) is 4.93. The van der Waals surface area contributed by atoms with Gasteiger partial charge in [0.2, 0.25) is 10.0 Å². The van der Waals surface area contributed by atoms with Crippen LogP contribution in [0.3, 0.4) is 0 Å². The molecular formula is C21H24ClNO4S. The first-order chi connectivity index (χ1) is 13.3. The molecule has 2 N–H and O–H groups in total. The molecule has 0 radical (unpaired) electrons. The Balaban J connectivity index is 1.81. The summed E-state index contributed by atoms with van der Waals surface area (Å²) in [4.78, 5) is 11.1. The van der Waals surface area contributed by atoms with Gasteiger partial charge >= 0.3 is 5.97 Å². The minimum absolute atomic E-state index is 0.0174. The minimum atomic E-state index is -3.63. The number of rotatable bonds is 7. The van der Waals surface area contributed by atoms with Gasteiger partial charge in [-0.05, 0) is 48.2 Å². The zero-order chi connectivity index (χ0) is 20.2. The molecule has 0 aliphatic heterocycles. The Kier molecular flexibility index (Phi) is 6.43. The molecule has 28 heavy (non-hydrogen) atoms. The Labute approximate surface area is 170 Å². The molecule has 0 aromatic heterocycles. The number of sulfonamides is 1. The van der Waals surface area contributed by atoms with Crippen molar-refractivity contribution in [3.05, 3.63) is 64.7 Å². The van der Waals surface area contributed by atoms with Crippen molar-refractivity contribution in [2.75, 3.05) is 6.54 Å². The third-order valence-electron chi connectivity index (χ3n) is 5.46. The maximum Gasteiger partial charge on any atom is 0.307 e. The maximum absolute atomic E-state index is 12.7. The van der Waals surface area contributed by atoms with E-state index in [9.17, 15) is 13.2 Å². The second-order valence-electron chi connectivity index (χ2n) is 7.39. The van der Waals surface area contributed by atoms with E-state index in [0.717, 1.165) is 43.2 Å². The van der Waals surface area contributed by atoms with Crippen LogP contribution >= 0.6 is 11.6 Å². The first-order valence-corrected chi connectivity index (χ1v) is 11.2. The molecule has 150 valence electrons. The van der Waals surface area contributed by atoms with E-state index in [1.807, 2.05) is 24.3 Å². The van der Waals surface area contributed by atoms with Crippen LogP contribution < -0.4 is 4.72 Å². The average molecular weight is 422 g/mol. The highest BCUT2D eigenvalue weighted by atomic mass is 35.5. The van der Waals surface area contributed by atoms with Gasteiger partial charge in [0.15, 0.2) is 0 Å². The standard InChI is InChI=1S/C21H24ClNO4S/c22-18-8-10-19(11-9-18)28(26,27)23-15-21(12-2-1-3-13-21)17-6-4-16(5-7-17)14-20(24)25/h4-11,23H,1-3,12-15H2,(H,24,25). The van der Waals surface area contributed by atoms with Crippen molar-refractivity contribution >= 4 is 27.6 Å². The number of nitrogens with one attached hydrogen (secondary N) is 1. The van der Waals surface area contributed by atoms with Gasteiger partial charge in [-0.1, -0.05) is 55.1 Å². The molecule has 5 nitrogen and oxygen atoms in total. The maximum atomic E-state index is 12.7. The predicted molar refractivity (Wildman–Crippen MR) is 109 cm³/mol. The summed E-state index contributed by atoms with van der Waals surface area (Å²) in [5.74, 6) is -0.865. The Bertz CT molecular complexity index is 918. The molecule has 0 unspecified atom stereocenters. The number of hydrogen-bond donors (Lipinski definition) is 2. The lowest BCUT2D eigenvalue weighted by Crippen LogP contribution is -2.42. The summed E-state index contributed by atoms with van der Waals surface area (Å²) in [6.07, 6.45) is 5.00. The largest absolute Gasteiger partial charge is 0.481 e. The highest BCUT2D eigenvalue weighted by Gasteiger charge is 2.35. The summed E-state index contributed by atoms with van der Waals surface area (Å²) in [5, 5.41) is 9.44. The Morgan fingerprint density at radius 1 is 1.00 bits per heavy atom. The lowest BCUT2D eigenvalue weighted by molar-refractivity contribution is -0.136. The zero-order valence-electron chi connectivity index (χ0n) is 15.5. The molecule has 0 saturated heterocycles. The van der Waals surface area contributed by atoms with Crippen molar-refractivity contribution in [2.45, 2.75) is 48.8 Å². The van der Waals surface area contributed by atoms with E-state index in [1.54, 1.807) is 12.1 Å². The van der Waals surface area contributed by atoms with E-state index < -0.39 is 16.0 Å². The summed E-state index contributed by atoms with van der Waals surface area (Å²) < 4.78 is 28.2. The molecule has 0 amide bonds. The molecule has 0 bridgehead atoms. The van der Waals surface area contributed by atoms with Crippen LogP contribution in [-0.2, 0) is 26.7 Å². The quantitative estimate of drug-likeness (QED) is 0.703. The zero-order valence-corrected chi connectivity index (χ0v) is 17.1. The predicted octanol–water partition coefficient (Wildman–Crippen LogP) is 4.15. The molecule has 0 atom stereocenters. The van der Waals surface area contributed by atoms with Gasteiger partial charge in [-0.2, -0.15) is 0 Å². The van der Waals surface area contributed by atoms with Crippen molar-refractivity contribution in [1.82, 2.24) is 4.72 Å². The number of halogens is 1. The number of carboxylic acids is 1. The summed E-state index contributed by atoms with van der Waals surface area (Å²) in [7, 11) is -3.63. The fourth-order valence-corrected chi connectivity index (χ4v) is 5.13. The summed E-state index contributed by atoms with van der Waals surface area (Å²) >= 11 is 5.86. The monoisotopic (exact) mass is 421 g/mol. The summed E-state index contributed by atoms with van der Waals surface area (Å²) in [6, 6.07) is 13.7. The van der Waals surface area contributed by atoms with E-state index in [-0.39, 0.29) is 16.7 Å². The highest BCUT2D eigenvalue weighted by molar-refractivity contribution is 7.89. The minimum Gasteiger partial charge on any atom is -0.481 e. The van der Waals surface area contributed by atoms with Crippen LogP contribution in [0.15, 0.2) is 53.4 Å². The fourth-order valence-electron chi connectivity index (χ4n) is 3.88. The molecule has 1 saturated carbocycles. The van der Waals surface area contributed by atoms with Gasteiger partial charge < -0.3 is 5.11 Å². The first kappa shape index (κ1) is 20.8. The van der Waals surface area contributed by atoms with Gasteiger partial charge in [0.25, 0.3) is 0 Å². The van der Waals surface area contributed by atoms with Gasteiger partial charge in [0, 0.05) is 17.0 Å².